The van der Waals surface area contributed by atoms with Gasteiger partial charge >= 0.3 is 5.91 Å². The van der Waals surface area contributed by atoms with Crippen molar-refractivity contribution in [1.82, 2.24) is 10.3 Å². The zero-order valence-electron chi connectivity index (χ0n) is 20.5. The van der Waals surface area contributed by atoms with Gasteiger partial charge in [-0.3, -0.25) is 14.4 Å². The summed E-state index contributed by atoms with van der Waals surface area (Å²) in [5.41, 5.74) is 3.84. The van der Waals surface area contributed by atoms with Crippen LogP contribution in [-0.4, -0.2) is 35.5 Å². The van der Waals surface area contributed by atoms with Crippen LogP contribution in [0.2, 0.25) is 0 Å². The minimum absolute atomic E-state index is 0.0500. The first kappa shape index (κ1) is 28.4. The van der Waals surface area contributed by atoms with Gasteiger partial charge in [0.2, 0.25) is 5.89 Å². The van der Waals surface area contributed by atoms with Crippen LogP contribution in [0.5, 0.6) is 0 Å². The van der Waals surface area contributed by atoms with Gasteiger partial charge in [0, 0.05) is 34.3 Å². The molecule has 39 heavy (non-hydrogen) atoms. The van der Waals surface area contributed by atoms with Crippen LogP contribution in [0.25, 0.3) is 27.8 Å². The van der Waals surface area contributed by atoms with E-state index in [0.29, 0.717) is 28.8 Å². The molecular weight excluding hydrogens is 518 g/mol. The van der Waals surface area contributed by atoms with E-state index in [0.717, 1.165) is 17.2 Å². The molecule has 1 heterocycles. The number of rotatable bonds is 9. The Morgan fingerprint density at radius 3 is 2.49 bits per heavy atom. The van der Waals surface area contributed by atoms with Crippen LogP contribution in [0.4, 0.5) is 0 Å². The largest absolute Gasteiger partial charge is 0.436 e. The molecule has 0 aliphatic heterocycles. The Kier molecular flexibility index (Phi) is 10.2. The molecule has 194 valence electrons. The van der Waals surface area contributed by atoms with Crippen molar-refractivity contribution in [3.8, 4) is 24.0 Å². The summed E-state index contributed by atoms with van der Waals surface area (Å²) in [5.74, 6) is -1.04. The lowest BCUT2D eigenvalue weighted by Gasteiger charge is -2.07. The lowest BCUT2D eigenvalue weighted by Crippen LogP contribution is -2.25. The van der Waals surface area contributed by atoms with Crippen molar-refractivity contribution in [2.75, 3.05) is 12.4 Å². The van der Waals surface area contributed by atoms with Gasteiger partial charge in [0.1, 0.15) is 5.52 Å². The molecule has 1 aromatic heterocycles. The summed E-state index contributed by atoms with van der Waals surface area (Å²) in [6.07, 6.45) is 13.6. The van der Waals surface area contributed by atoms with Crippen molar-refractivity contribution in [2.24, 2.45) is 5.18 Å². The third-order valence-electron chi connectivity index (χ3n) is 5.47. The maximum atomic E-state index is 12.7. The number of amides is 2. The molecule has 0 atom stereocenters. The Hall–Kier alpha value is -5.13. The lowest BCUT2D eigenvalue weighted by atomic mass is 10.0. The molecular formula is C30H22ClN3O5. The molecule has 0 aliphatic carbocycles. The number of nitrogens with zero attached hydrogens (tertiary/aromatic N) is 2. The number of carbonyl (C=O) groups is 3. The summed E-state index contributed by atoms with van der Waals surface area (Å²) in [6.45, 7) is 0.0528. The minimum Gasteiger partial charge on any atom is -0.436 e. The summed E-state index contributed by atoms with van der Waals surface area (Å²) in [6, 6.07) is 19.3. The van der Waals surface area contributed by atoms with Crippen LogP contribution in [0.3, 0.4) is 0 Å². The molecule has 0 unspecified atom stereocenters. The van der Waals surface area contributed by atoms with Gasteiger partial charge in [-0.05, 0) is 35.4 Å². The number of benzene rings is 3. The monoisotopic (exact) mass is 539 g/mol. The number of aromatic nitrogens is 1. The number of hydrogen-bond donors (Lipinski definition) is 1. The van der Waals surface area contributed by atoms with Gasteiger partial charge in [-0.2, -0.15) is 0 Å². The standard InChI is InChI=1S/C28H20ClN3O5.C2H2/c29-13-4-7-19(12-14-30-27(35)23-15-21(26(34)32-36)8-9-22(23)17-33)28-31-24-16-20(10-11-25(24)37-28)18-5-2-1-3-6-18;1-2/h1-12,15-17H,13-14H2,(H,30,35);1-2H/b7-4-,19-12+;. The topological polar surface area (TPSA) is 119 Å². The fourth-order valence-electron chi connectivity index (χ4n) is 3.65. The molecule has 0 spiro atoms. The van der Waals surface area contributed by atoms with E-state index < -0.39 is 11.8 Å². The second-order valence-corrected chi connectivity index (χ2v) is 8.12. The molecule has 0 fully saturated rings. The predicted molar refractivity (Wildman–Crippen MR) is 151 cm³/mol. The number of hydrogen-bond acceptors (Lipinski definition) is 6. The number of aldehydes is 1. The smallest absolute Gasteiger partial charge is 0.316 e. The highest BCUT2D eigenvalue weighted by molar-refractivity contribution is 6.19. The predicted octanol–water partition coefficient (Wildman–Crippen LogP) is 6.07. The molecule has 1 N–H and O–H groups in total. The molecule has 0 saturated carbocycles. The maximum absolute atomic E-state index is 12.7. The van der Waals surface area contributed by atoms with Gasteiger partial charge < -0.3 is 9.73 Å². The molecule has 0 aliphatic rings. The Morgan fingerprint density at radius 1 is 1.03 bits per heavy atom. The molecule has 9 heteroatoms. The molecule has 8 nitrogen and oxygen atoms in total. The zero-order valence-corrected chi connectivity index (χ0v) is 21.3. The highest BCUT2D eigenvalue weighted by Gasteiger charge is 2.16. The number of allylic oxidation sites excluding steroid dienone is 3. The summed E-state index contributed by atoms with van der Waals surface area (Å²) >= 11 is 5.83. The minimum atomic E-state index is -1.04. The maximum Gasteiger partial charge on any atom is 0.316 e. The van der Waals surface area contributed by atoms with E-state index in [1.807, 2.05) is 48.5 Å². The average molecular weight is 540 g/mol. The van der Waals surface area contributed by atoms with E-state index in [9.17, 15) is 19.3 Å². The molecule has 3 aromatic carbocycles. The summed E-state index contributed by atoms with van der Waals surface area (Å²) in [5, 5.41) is 5.02. The fourth-order valence-corrected chi connectivity index (χ4v) is 3.74. The third kappa shape index (κ3) is 7.01. The number of nitroso groups, excluding NO2 is 1. The van der Waals surface area contributed by atoms with E-state index in [1.54, 1.807) is 18.2 Å². The van der Waals surface area contributed by atoms with Crippen LogP contribution >= 0.6 is 11.6 Å². The first-order valence-electron chi connectivity index (χ1n) is 11.5. The highest BCUT2D eigenvalue weighted by Crippen LogP contribution is 2.27. The van der Waals surface area contributed by atoms with Gasteiger partial charge in [-0.25, -0.2) is 4.98 Å². The van der Waals surface area contributed by atoms with Crippen molar-refractivity contribution >= 4 is 46.4 Å². The van der Waals surface area contributed by atoms with E-state index in [1.165, 1.54) is 12.1 Å². The molecule has 0 radical (unpaired) electrons. The molecule has 4 aromatic rings. The quantitative estimate of drug-likeness (QED) is 0.0906. The first-order chi connectivity index (χ1) is 19.0. The van der Waals surface area contributed by atoms with Crippen LogP contribution in [-0.2, 0) is 0 Å². The van der Waals surface area contributed by atoms with E-state index in [2.05, 4.69) is 28.3 Å². The average Bonchev–Trinajstić information content (AvgIpc) is 3.42. The van der Waals surface area contributed by atoms with Crippen molar-refractivity contribution < 1.29 is 18.8 Å². The van der Waals surface area contributed by atoms with Gasteiger partial charge in [0.15, 0.2) is 11.9 Å². The molecule has 4 rings (SSSR count). The number of terminal acetylenes is 1. The number of carbonyl (C=O) groups excluding carboxylic acids is 3. The van der Waals surface area contributed by atoms with Crippen LogP contribution in [0.15, 0.2) is 94.6 Å². The number of halogens is 1. The number of nitrogens with one attached hydrogen (secondary N) is 1. The molecule has 0 saturated heterocycles. The first-order valence-corrected chi connectivity index (χ1v) is 12.0. The van der Waals surface area contributed by atoms with Gasteiger partial charge in [-0.1, -0.05) is 60.7 Å². The highest BCUT2D eigenvalue weighted by atomic mass is 35.5. The normalized spacial score (nSPS) is 11.0. The van der Waals surface area contributed by atoms with Crippen molar-refractivity contribution in [3.05, 3.63) is 112 Å². The second kappa shape index (κ2) is 14.0. The van der Waals surface area contributed by atoms with Crippen molar-refractivity contribution in [1.29, 1.82) is 0 Å². The van der Waals surface area contributed by atoms with Crippen molar-refractivity contribution in [2.45, 2.75) is 0 Å². The van der Waals surface area contributed by atoms with Crippen LogP contribution in [0.1, 0.15) is 37.0 Å². The Labute approximate surface area is 229 Å². The number of fused-ring (bicyclic) bond motifs is 1. The van der Waals surface area contributed by atoms with Crippen LogP contribution < -0.4 is 5.32 Å². The molecule has 2 amide bonds. The Bertz CT molecular complexity index is 1590. The van der Waals surface area contributed by atoms with Gasteiger partial charge in [0.05, 0.1) is 5.56 Å². The van der Waals surface area contributed by atoms with E-state index >= 15 is 0 Å². The lowest BCUT2D eigenvalue weighted by molar-refractivity contribution is 0.0952. The summed E-state index contributed by atoms with van der Waals surface area (Å²) < 4.78 is 5.94. The fraction of sp³-hybridized carbons (Fsp3) is 0.0667. The summed E-state index contributed by atoms with van der Waals surface area (Å²) in [4.78, 5) is 50.8. The van der Waals surface area contributed by atoms with E-state index in [-0.39, 0.29) is 29.1 Å². The SMILES string of the molecule is C#C.O=Cc1ccc(C(=O)N=O)cc1C(=O)NC/C=C(\C=C/CCl)c1nc2cc(-c3ccccc3)ccc2o1. The summed E-state index contributed by atoms with van der Waals surface area (Å²) in [7, 11) is 0. The third-order valence-corrected chi connectivity index (χ3v) is 5.65. The Balaban J connectivity index is 0.00000205. The van der Waals surface area contributed by atoms with Crippen molar-refractivity contribution in [3.63, 3.8) is 0 Å². The zero-order chi connectivity index (χ0) is 28.2. The second-order valence-electron chi connectivity index (χ2n) is 7.81. The molecule has 0 bridgehead atoms. The van der Waals surface area contributed by atoms with E-state index in [4.69, 9.17) is 16.0 Å². The van der Waals surface area contributed by atoms with Gasteiger partial charge in [0.25, 0.3) is 5.91 Å². The number of oxazole rings is 1. The number of alkyl halides is 1. The Morgan fingerprint density at radius 2 is 1.79 bits per heavy atom. The van der Waals surface area contributed by atoms with Crippen LogP contribution in [0, 0.1) is 17.8 Å². The van der Waals surface area contributed by atoms with Gasteiger partial charge in [-0.15, -0.1) is 29.4 Å².